The van der Waals surface area contributed by atoms with E-state index in [1.165, 1.54) is 18.2 Å². The Morgan fingerprint density at radius 3 is 2.21 bits per heavy atom. The quantitative estimate of drug-likeness (QED) is 0.792. The fourth-order valence-electron chi connectivity index (χ4n) is 2.81. The predicted molar refractivity (Wildman–Crippen MR) is 96.2 cm³/mol. The van der Waals surface area contributed by atoms with Crippen molar-refractivity contribution in [1.29, 1.82) is 0 Å². The zero-order valence-electron chi connectivity index (χ0n) is 13.5. The first-order chi connectivity index (χ1) is 11.2. The van der Waals surface area contributed by atoms with Crippen LogP contribution in [0.3, 0.4) is 0 Å². The van der Waals surface area contributed by atoms with E-state index in [2.05, 4.69) is 13.2 Å². The van der Waals surface area contributed by atoms with Gasteiger partial charge in [-0.05, 0) is 24.1 Å². The third kappa shape index (κ3) is 3.48. The number of aryl methyl sites for hydroxylation is 1. The summed E-state index contributed by atoms with van der Waals surface area (Å²) in [7, 11) is -3.96. The van der Waals surface area contributed by atoms with Gasteiger partial charge in [-0.15, -0.1) is 0 Å². The Morgan fingerprint density at radius 1 is 1.12 bits per heavy atom. The van der Waals surface area contributed by atoms with Crippen molar-refractivity contribution in [3.63, 3.8) is 0 Å². The van der Waals surface area contributed by atoms with Gasteiger partial charge in [0.05, 0.1) is 4.90 Å². The van der Waals surface area contributed by atoms with Crippen molar-refractivity contribution in [2.24, 2.45) is 5.14 Å². The zero-order valence-corrected chi connectivity index (χ0v) is 14.3. The molecule has 2 aromatic rings. The Morgan fingerprint density at radius 2 is 1.71 bits per heavy atom. The van der Waals surface area contributed by atoms with E-state index in [4.69, 9.17) is 5.14 Å². The largest absolute Gasteiger partial charge is 0.381 e. The maximum atomic E-state index is 12.0. The lowest BCUT2D eigenvalue weighted by atomic mass is 9.77. The van der Waals surface area contributed by atoms with Gasteiger partial charge in [-0.25, -0.2) is 13.6 Å². The summed E-state index contributed by atoms with van der Waals surface area (Å²) in [6.45, 7) is 9.22. The van der Waals surface area contributed by atoms with Crippen LogP contribution < -0.4 is 5.14 Å². The smallest absolute Gasteiger partial charge is 0.238 e. The van der Waals surface area contributed by atoms with Gasteiger partial charge in [-0.1, -0.05) is 73.3 Å². The molecule has 126 valence electrons. The highest BCUT2D eigenvalue weighted by Gasteiger charge is 2.36. The second-order valence-electron chi connectivity index (χ2n) is 5.73. The molecule has 0 bridgehead atoms. The summed E-state index contributed by atoms with van der Waals surface area (Å²) < 4.78 is 24.1. The van der Waals surface area contributed by atoms with Crippen LogP contribution >= 0.6 is 0 Å². The Labute approximate surface area is 143 Å². The molecule has 0 saturated carbocycles. The average molecular weight is 343 g/mol. The highest BCUT2D eigenvalue weighted by Crippen LogP contribution is 2.39. The molecule has 0 amide bonds. The van der Waals surface area contributed by atoms with Crippen molar-refractivity contribution in [1.82, 2.24) is 0 Å². The molecular formula is C19H21NO3S. The summed E-state index contributed by atoms with van der Waals surface area (Å²) in [6, 6.07) is 14.0. The SMILES string of the molecule is C=CC(O)(C=C)[C@@H](c1ccccc1)c1cc(C)ccc1S(N)(=O)=O. The van der Waals surface area contributed by atoms with Gasteiger partial charge in [0.25, 0.3) is 0 Å². The molecular weight excluding hydrogens is 322 g/mol. The first-order valence-electron chi connectivity index (χ1n) is 7.41. The van der Waals surface area contributed by atoms with E-state index >= 15 is 0 Å². The number of primary sulfonamides is 1. The van der Waals surface area contributed by atoms with E-state index in [0.29, 0.717) is 5.56 Å². The third-order valence-corrected chi connectivity index (χ3v) is 5.02. The van der Waals surface area contributed by atoms with Crippen molar-refractivity contribution in [2.75, 3.05) is 0 Å². The molecule has 0 saturated heterocycles. The molecule has 2 aromatic carbocycles. The van der Waals surface area contributed by atoms with Gasteiger partial charge in [0.2, 0.25) is 10.0 Å². The molecule has 4 nitrogen and oxygen atoms in total. The number of hydrogen-bond donors (Lipinski definition) is 2. The van der Waals surface area contributed by atoms with Gasteiger partial charge in [-0.3, -0.25) is 0 Å². The van der Waals surface area contributed by atoms with Gasteiger partial charge in [-0.2, -0.15) is 0 Å². The summed E-state index contributed by atoms with van der Waals surface area (Å²) in [6.07, 6.45) is 2.71. The van der Waals surface area contributed by atoms with Crippen LogP contribution in [0.4, 0.5) is 0 Å². The monoisotopic (exact) mass is 343 g/mol. The minimum atomic E-state index is -3.96. The molecule has 0 aliphatic rings. The highest BCUT2D eigenvalue weighted by molar-refractivity contribution is 7.89. The maximum Gasteiger partial charge on any atom is 0.238 e. The Kier molecular flexibility index (Phi) is 5.08. The van der Waals surface area contributed by atoms with E-state index in [1.807, 2.05) is 37.3 Å². The molecule has 0 unspecified atom stereocenters. The molecule has 1 atom stereocenters. The van der Waals surface area contributed by atoms with Crippen molar-refractivity contribution < 1.29 is 13.5 Å². The molecule has 3 N–H and O–H groups in total. The number of aliphatic hydroxyl groups is 1. The van der Waals surface area contributed by atoms with Crippen LogP contribution in [-0.2, 0) is 10.0 Å². The zero-order chi connectivity index (χ0) is 18.0. The first-order valence-corrected chi connectivity index (χ1v) is 8.95. The van der Waals surface area contributed by atoms with Gasteiger partial charge < -0.3 is 5.11 Å². The molecule has 5 heteroatoms. The number of hydrogen-bond acceptors (Lipinski definition) is 3. The van der Waals surface area contributed by atoms with E-state index < -0.39 is 21.5 Å². The van der Waals surface area contributed by atoms with E-state index in [-0.39, 0.29) is 4.90 Å². The van der Waals surface area contributed by atoms with Crippen LogP contribution in [0.1, 0.15) is 22.6 Å². The standard InChI is InChI=1S/C19H21NO3S/c1-4-19(21,5-2)18(15-9-7-6-8-10-15)16-13-14(3)11-12-17(16)24(20,22)23/h4-13,18,21H,1-2H2,3H3,(H2,20,22,23)/t18-/m0/s1. The predicted octanol–water partition coefficient (Wildman–Crippen LogP) is 2.88. The lowest BCUT2D eigenvalue weighted by molar-refractivity contribution is 0.124. The van der Waals surface area contributed by atoms with Crippen LogP contribution in [0, 0.1) is 6.92 Å². The van der Waals surface area contributed by atoms with Crippen molar-refractivity contribution >= 4 is 10.0 Å². The molecule has 0 aromatic heterocycles. The molecule has 0 aliphatic heterocycles. The molecule has 0 heterocycles. The third-order valence-electron chi connectivity index (χ3n) is 4.03. The summed E-state index contributed by atoms with van der Waals surface area (Å²) >= 11 is 0. The number of sulfonamides is 1. The molecule has 24 heavy (non-hydrogen) atoms. The lowest BCUT2D eigenvalue weighted by Gasteiger charge is -2.33. The van der Waals surface area contributed by atoms with Crippen LogP contribution in [-0.4, -0.2) is 19.1 Å². The Hall–Kier alpha value is -2.21. The fraction of sp³-hybridized carbons (Fsp3) is 0.158. The van der Waals surface area contributed by atoms with Crippen LogP contribution in [0.15, 0.2) is 78.7 Å². The van der Waals surface area contributed by atoms with Crippen molar-refractivity contribution in [3.8, 4) is 0 Å². The Bertz CT molecular complexity index is 849. The molecule has 0 aliphatic carbocycles. The topological polar surface area (TPSA) is 80.4 Å². The van der Waals surface area contributed by atoms with Gasteiger partial charge in [0, 0.05) is 5.92 Å². The van der Waals surface area contributed by atoms with Crippen LogP contribution in [0.2, 0.25) is 0 Å². The number of rotatable bonds is 6. The van der Waals surface area contributed by atoms with Crippen LogP contribution in [0.25, 0.3) is 0 Å². The second kappa shape index (κ2) is 6.73. The summed E-state index contributed by atoms with van der Waals surface area (Å²) in [5, 5.41) is 16.4. The van der Waals surface area contributed by atoms with Gasteiger partial charge in [0.1, 0.15) is 5.60 Å². The molecule has 0 spiro atoms. The molecule has 0 fully saturated rings. The van der Waals surface area contributed by atoms with E-state index in [0.717, 1.165) is 11.1 Å². The van der Waals surface area contributed by atoms with Gasteiger partial charge >= 0.3 is 0 Å². The fourth-order valence-corrected chi connectivity index (χ4v) is 3.58. The highest BCUT2D eigenvalue weighted by atomic mass is 32.2. The number of benzene rings is 2. The summed E-state index contributed by atoms with van der Waals surface area (Å²) in [5.74, 6) is -0.707. The Balaban J connectivity index is 2.86. The minimum Gasteiger partial charge on any atom is -0.381 e. The normalized spacial score (nSPS) is 13.3. The minimum absolute atomic E-state index is 0.0240. The second-order valence-corrected chi connectivity index (χ2v) is 7.26. The number of nitrogens with two attached hydrogens (primary N) is 1. The van der Waals surface area contributed by atoms with Crippen molar-refractivity contribution in [2.45, 2.75) is 23.3 Å². The first kappa shape index (κ1) is 18.1. The van der Waals surface area contributed by atoms with Crippen LogP contribution in [0.5, 0.6) is 0 Å². The molecule has 2 rings (SSSR count). The summed E-state index contributed by atoms with van der Waals surface area (Å²) in [4.78, 5) is -0.0240. The summed E-state index contributed by atoms with van der Waals surface area (Å²) in [5.41, 5.74) is 0.462. The van der Waals surface area contributed by atoms with Gasteiger partial charge in [0.15, 0.2) is 0 Å². The average Bonchev–Trinajstić information content (AvgIpc) is 2.54. The van der Waals surface area contributed by atoms with E-state index in [1.54, 1.807) is 12.1 Å². The molecule has 0 radical (unpaired) electrons. The maximum absolute atomic E-state index is 12.0. The van der Waals surface area contributed by atoms with E-state index in [9.17, 15) is 13.5 Å². The van der Waals surface area contributed by atoms with Crippen molar-refractivity contribution in [3.05, 3.63) is 90.5 Å². The lowest BCUT2D eigenvalue weighted by Crippen LogP contribution is -2.34.